The maximum atomic E-state index is 12.7. The van der Waals surface area contributed by atoms with Crippen LogP contribution in [-0.4, -0.2) is 75.5 Å². The van der Waals surface area contributed by atoms with Crippen LogP contribution < -0.4 is 5.11 Å². The van der Waals surface area contributed by atoms with Crippen molar-refractivity contribution in [2.75, 3.05) is 41.0 Å². The first-order chi connectivity index (χ1) is 27.6. The number of hydrogen-bond acceptors (Lipinski definition) is 7. The molecule has 8 nitrogen and oxygen atoms in total. The van der Waals surface area contributed by atoms with Crippen LogP contribution in [0.15, 0.2) is 60.8 Å². The highest BCUT2D eigenvalue weighted by molar-refractivity contribution is 5.70. The number of carbonyl (C=O) groups is 3. The van der Waals surface area contributed by atoms with Crippen LogP contribution in [0.1, 0.15) is 181 Å². The lowest BCUT2D eigenvalue weighted by Crippen LogP contribution is -2.55. The molecule has 57 heavy (non-hydrogen) atoms. The zero-order valence-electron chi connectivity index (χ0n) is 37.2. The number of ether oxygens (including phenoxy) is 3. The highest BCUT2D eigenvalue weighted by atomic mass is 16.6. The van der Waals surface area contributed by atoms with E-state index in [1.54, 1.807) is 21.1 Å². The number of likely N-dealkylation sites (N-methyl/N-ethyl adjacent to an activating group) is 1. The zero-order chi connectivity index (χ0) is 42.1. The standard InChI is InChI=1S/C49H85NO7/c1-6-8-10-12-14-16-18-20-22-23-24-26-27-29-31-33-35-37-39-47(51)56-44-45(43-55-42-41-46(49(53)54)50(3,4)5)57-48(52)40-38-36-34-32-30-28-25-21-19-17-15-13-11-9-7-2/h15,17-24,26,45-46H,6-14,16,25,27-44H2,1-5H3/b17-15+,20-18+,21-19+,23-22+,26-24+. The second-order valence-corrected chi connectivity index (χ2v) is 16.4. The van der Waals surface area contributed by atoms with Crippen molar-refractivity contribution in [2.45, 2.75) is 193 Å². The van der Waals surface area contributed by atoms with Crippen molar-refractivity contribution < 1.29 is 38.2 Å². The molecule has 0 amide bonds. The van der Waals surface area contributed by atoms with Crippen molar-refractivity contribution in [3.63, 3.8) is 0 Å². The molecule has 0 aromatic heterocycles. The third-order valence-electron chi connectivity index (χ3n) is 9.97. The summed E-state index contributed by atoms with van der Waals surface area (Å²) in [4.78, 5) is 36.9. The minimum Gasteiger partial charge on any atom is -0.544 e. The molecule has 2 atom stereocenters. The molecule has 0 saturated heterocycles. The summed E-state index contributed by atoms with van der Waals surface area (Å²) in [7, 11) is 5.39. The maximum Gasteiger partial charge on any atom is 0.306 e. The van der Waals surface area contributed by atoms with Crippen LogP contribution in [0, 0.1) is 0 Å². The Bertz CT molecular complexity index is 1120. The quantitative estimate of drug-likeness (QED) is 0.0263. The van der Waals surface area contributed by atoms with Gasteiger partial charge in [0.25, 0.3) is 0 Å². The molecule has 0 radical (unpaired) electrons. The summed E-state index contributed by atoms with van der Waals surface area (Å²) in [5.74, 6) is -1.78. The Morgan fingerprint density at radius 1 is 0.526 bits per heavy atom. The molecule has 8 heteroatoms. The van der Waals surface area contributed by atoms with E-state index in [0.717, 1.165) is 83.5 Å². The van der Waals surface area contributed by atoms with Gasteiger partial charge in [0.2, 0.25) is 0 Å². The zero-order valence-corrected chi connectivity index (χ0v) is 37.2. The average Bonchev–Trinajstić information content (AvgIpc) is 3.17. The van der Waals surface area contributed by atoms with Crippen LogP contribution >= 0.6 is 0 Å². The summed E-state index contributed by atoms with van der Waals surface area (Å²) in [6.45, 7) is 4.58. The van der Waals surface area contributed by atoms with Gasteiger partial charge in [-0.15, -0.1) is 0 Å². The van der Waals surface area contributed by atoms with E-state index < -0.39 is 18.1 Å². The minimum absolute atomic E-state index is 0.0269. The van der Waals surface area contributed by atoms with E-state index in [1.807, 2.05) is 0 Å². The van der Waals surface area contributed by atoms with Gasteiger partial charge in [-0.1, -0.05) is 158 Å². The fourth-order valence-corrected chi connectivity index (χ4v) is 6.36. The fraction of sp³-hybridized carbons (Fsp3) is 0.735. The Labute approximate surface area is 349 Å². The summed E-state index contributed by atoms with van der Waals surface area (Å²) in [5, 5.41) is 11.6. The fourth-order valence-electron chi connectivity index (χ4n) is 6.36. The largest absolute Gasteiger partial charge is 0.544 e. The number of aliphatic carboxylic acids is 1. The lowest BCUT2D eigenvalue weighted by atomic mass is 10.1. The second kappa shape index (κ2) is 39.8. The van der Waals surface area contributed by atoms with E-state index in [1.165, 1.54) is 64.2 Å². The van der Waals surface area contributed by atoms with Crippen LogP contribution in [-0.2, 0) is 28.6 Å². The van der Waals surface area contributed by atoms with Gasteiger partial charge in [-0.05, 0) is 64.2 Å². The van der Waals surface area contributed by atoms with Crippen molar-refractivity contribution in [1.29, 1.82) is 0 Å². The molecule has 0 aromatic rings. The number of hydrogen-bond donors (Lipinski definition) is 0. The molecular weight excluding hydrogens is 715 g/mol. The number of nitrogens with zero attached hydrogens (tertiary/aromatic N) is 1. The van der Waals surface area contributed by atoms with Gasteiger partial charge in [-0.3, -0.25) is 9.59 Å². The van der Waals surface area contributed by atoms with E-state index in [9.17, 15) is 19.5 Å². The maximum absolute atomic E-state index is 12.7. The Kier molecular flexibility index (Phi) is 37.8. The molecule has 0 aliphatic rings. The van der Waals surface area contributed by atoms with Gasteiger partial charge in [-0.2, -0.15) is 0 Å². The van der Waals surface area contributed by atoms with Crippen LogP contribution in [0.25, 0.3) is 0 Å². The molecule has 0 aliphatic heterocycles. The van der Waals surface area contributed by atoms with Crippen molar-refractivity contribution in [1.82, 2.24) is 0 Å². The number of carbonyl (C=O) groups excluding carboxylic acids is 3. The summed E-state index contributed by atoms with van der Waals surface area (Å²) >= 11 is 0. The molecule has 0 heterocycles. The summed E-state index contributed by atoms with van der Waals surface area (Å²) in [6, 6.07) is -0.733. The van der Waals surface area contributed by atoms with Gasteiger partial charge in [-0.25, -0.2) is 0 Å². The molecule has 0 saturated carbocycles. The first kappa shape index (κ1) is 54.0. The number of carboxylic acid groups (broad SMARTS) is 1. The van der Waals surface area contributed by atoms with E-state index in [-0.39, 0.29) is 42.7 Å². The SMILES string of the molecule is CCCCC/C=C/C=C/CCCCCCCCC(=O)OC(COCCC(C(=O)[O-])[N+](C)(C)C)COC(=O)CCCCCCC/C=C/C=C/C=C/CCCCCCC. The number of rotatable bonds is 40. The normalized spacial score (nSPS) is 13.5. The predicted molar refractivity (Wildman–Crippen MR) is 236 cm³/mol. The molecule has 0 spiro atoms. The number of allylic oxidation sites excluding steroid dienone is 10. The van der Waals surface area contributed by atoms with Gasteiger partial charge >= 0.3 is 11.9 Å². The Morgan fingerprint density at radius 3 is 1.40 bits per heavy atom. The van der Waals surface area contributed by atoms with E-state index in [4.69, 9.17) is 14.2 Å². The monoisotopic (exact) mass is 800 g/mol. The average molecular weight is 800 g/mol. The minimum atomic E-state index is -1.13. The topological polar surface area (TPSA) is 102 Å². The van der Waals surface area contributed by atoms with Crippen molar-refractivity contribution in [2.24, 2.45) is 0 Å². The molecule has 0 aromatic carbocycles. The molecule has 0 N–H and O–H groups in total. The Hall–Kier alpha value is -2.97. The van der Waals surface area contributed by atoms with Crippen LogP contribution in [0.3, 0.4) is 0 Å². The Balaban J connectivity index is 4.40. The molecule has 2 unspecified atom stereocenters. The molecular formula is C49H85NO7. The number of carboxylic acids is 1. The van der Waals surface area contributed by atoms with E-state index in [2.05, 4.69) is 74.6 Å². The first-order valence-corrected chi connectivity index (χ1v) is 22.9. The molecule has 0 aliphatic carbocycles. The van der Waals surface area contributed by atoms with Crippen LogP contribution in [0.4, 0.5) is 0 Å². The highest BCUT2D eigenvalue weighted by Gasteiger charge is 2.25. The molecule has 0 fully saturated rings. The second-order valence-electron chi connectivity index (χ2n) is 16.4. The molecule has 0 rings (SSSR count). The third kappa shape index (κ3) is 38.3. The summed E-state index contributed by atoms with van der Waals surface area (Å²) in [6.07, 6.45) is 48.1. The van der Waals surface area contributed by atoms with Gasteiger partial charge in [0.1, 0.15) is 12.6 Å². The van der Waals surface area contributed by atoms with Gasteiger partial charge in [0.05, 0.1) is 40.3 Å². The number of quaternary nitrogens is 1. The van der Waals surface area contributed by atoms with Crippen molar-refractivity contribution in [3.8, 4) is 0 Å². The smallest absolute Gasteiger partial charge is 0.306 e. The molecule has 0 bridgehead atoms. The van der Waals surface area contributed by atoms with E-state index in [0.29, 0.717) is 12.8 Å². The lowest BCUT2D eigenvalue weighted by molar-refractivity contribution is -0.889. The van der Waals surface area contributed by atoms with Crippen LogP contribution in [0.2, 0.25) is 0 Å². The van der Waals surface area contributed by atoms with Crippen LogP contribution in [0.5, 0.6) is 0 Å². The summed E-state index contributed by atoms with van der Waals surface area (Å²) in [5.41, 5.74) is 0. The van der Waals surface area contributed by atoms with Crippen molar-refractivity contribution in [3.05, 3.63) is 60.8 Å². The first-order valence-electron chi connectivity index (χ1n) is 22.9. The summed E-state index contributed by atoms with van der Waals surface area (Å²) < 4.78 is 17.1. The number of esters is 2. The number of unbranched alkanes of at least 4 members (excludes halogenated alkanes) is 19. The molecule has 328 valence electrons. The Morgan fingerprint density at radius 2 is 0.930 bits per heavy atom. The van der Waals surface area contributed by atoms with Gasteiger partial charge in [0, 0.05) is 19.3 Å². The van der Waals surface area contributed by atoms with Gasteiger partial charge < -0.3 is 28.6 Å². The lowest BCUT2D eigenvalue weighted by Gasteiger charge is -2.34. The third-order valence-corrected chi connectivity index (χ3v) is 9.97. The van der Waals surface area contributed by atoms with Gasteiger partial charge in [0.15, 0.2) is 6.10 Å². The van der Waals surface area contributed by atoms with E-state index >= 15 is 0 Å². The van der Waals surface area contributed by atoms with Crippen molar-refractivity contribution >= 4 is 17.9 Å². The predicted octanol–water partition coefficient (Wildman–Crippen LogP) is 11.2. The highest BCUT2D eigenvalue weighted by Crippen LogP contribution is 2.13.